The Hall–Kier alpha value is 0.140. The summed E-state index contributed by atoms with van der Waals surface area (Å²) in [5, 5.41) is 2.39. The van der Waals surface area contributed by atoms with Gasteiger partial charge < -0.3 is 4.90 Å². The Kier molecular flexibility index (Phi) is 4.45. The van der Waals surface area contributed by atoms with Crippen molar-refractivity contribution < 1.29 is 0 Å². The normalized spacial score (nSPS) is 21.2. The fraction of sp³-hybridized carbons (Fsp3) is 0.500. The van der Waals surface area contributed by atoms with Crippen LogP contribution in [0.5, 0.6) is 0 Å². The zero-order valence-corrected chi connectivity index (χ0v) is 12.4. The number of alkyl halides is 1. The molecule has 88 valence electrons. The van der Waals surface area contributed by atoms with Crippen molar-refractivity contribution in [3.05, 3.63) is 28.8 Å². The van der Waals surface area contributed by atoms with Gasteiger partial charge >= 0.3 is 0 Å². The van der Waals surface area contributed by atoms with E-state index in [4.69, 9.17) is 11.6 Å². The Morgan fingerprint density at radius 2 is 2.38 bits per heavy atom. The predicted octanol–water partition coefficient (Wildman–Crippen LogP) is 4.18. The highest BCUT2D eigenvalue weighted by Gasteiger charge is 2.17. The zero-order chi connectivity index (χ0) is 11.5. The molecule has 4 heteroatoms. The summed E-state index contributed by atoms with van der Waals surface area (Å²) in [4.78, 5) is 2.42. The topological polar surface area (TPSA) is 3.24 Å². The maximum absolute atomic E-state index is 6.22. The van der Waals surface area contributed by atoms with Crippen LogP contribution in [-0.2, 0) is 5.33 Å². The molecule has 2 rings (SSSR count). The zero-order valence-electron chi connectivity index (χ0n) is 9.25. The van der Waals surface area contributed by atoms with E-state index in [1.54, 1.807) is 0 Å². The van der Waals surface area contributed by atoms with Gasteiger partial charge in [0.15, 0.2) is 0 Å². The molecule has 0 aliphatic carbocycles. The van der Waals surface area contributed by atoms with Gasteiger partial charge in [0.1, 0.15) is 0 Å². The Labute approximate surface area is 115 Å². The molecular weight excluding hydrogens is 306 g/mol. The monoisotopic (exact) mass is 319 g/mol. The first-order chi connectivity index (χ1) is 7.70. The van der Waals surface area contributed by atoms with E-state index >= 15 is 0 Å². The van der Waals surface area contributed by atoms with Crippen LogP contribution in [0, 0.1) is 0 Å². The number of anilines is 1. The molecule has 0 N–H and O–H groups in total. The van der Waals surface area contributed by atoms with Crippen LogP contribution < -0.4 is 4.90 Å². The van der Waals surface area contributed by atoms with Gasteiger partial charge in [-0.3, -0.25) is 0 Å². The molecule has 1 fully saturated rings. The van der Waals surface area contributed by atoms with Crippen molar-refractivity contribution in [3.63, 3.8) is 0 Å². The van der Waals surface area contributed by atoms with Crippen LogP contribution in [-0.4, -0.2) is 24.1 Å². The van der Waals surface area contributed by atoms with Gasteiger partial charge in [-0.25, -0.2) is 0 Å². The lowest BCUT2D eigenvalue weighted by atomic mass is 10.2. The summed E-state index contributed by atoms with van der Waals surface area (Å²) in [6.45, 7) is 4.53. The molecule has 0 amide bonds. The van der Waals surface area contributed by atoms with E-state index in [0.717, 1.165) is 29.0 Å². The van der Waals surface area contributed by atoms with Crippen LogP contribution in [0.4, 0.5) is 5.69 Å². The van der Waals surface area contributed by atoms with Crippen LogP contribution >= 0.6 is 39.3 Å². The average Bonchev–Trinajstić information content (AvgIpc) is 2.29. The largest absolute Gasteiger partial charge is 0.370 e. The summed E-state index contributed by atoms with van der Waals surface area (Å²) >= 11 is 11.7. The second-order valence-electron chi connectivity index (χ2n) is 4.04. The van der Waals surface area contributed by atoms with Crippen molar-refractivity contribution >= 4 is 45.0 Å². The molecule has 1 unspecified atom stereocenters. The third-order valence-electron chi connectivity index (χ3n) is 2.79. The van der Waals surface area contributed by atoms with Gasteiger partial charge in [-0.2, -0.15) is 11.8 Å². The minimum atomic E-state index is 0.711. The second-order valence-corrected chi connectivity index (χ2v) is 6.55. The fourth-order valence-corrected chi connectivity index (χ4v) is 3.80. The molecule has 1 atom stereocenters. The maximum Gasteiger partial charge on any atom is 0.0467 e. The van der Waals surface area contributed by atoms with Gasteiger partial charge in [0, 0.05) is 40.1 Å². The van der Waals surface area contributed by atoms with E-state index < -0.39 is 0 Å². The van der Waals surface area contributed by atoms with E-state index in [2.05, 4.69) is 46.0 Å². The highest BCUT2D eigenvalue weighted by molar-refractivity contribution is 9.08. The van der Waals surface area contributed by atoms with Crippen molar-refractivity contribution in [2.75, 3.05) is 23.7 Å². The molecule has 0 spiro atoms. The van der Waals surface area contributed by atoms with Crippen molar-refractivity contribution in [2.24, 2.45) is 0 Å². The van der Waals surface area contributed by atoms with Gasteiger partial charge in [0.25, 0.3) is 0 Å². The smallest absolute Gasteiger partial charge is 0.0467 e. The number of hydrogen-bond acceptors (Lipinski definition) is 2. The first-order valence-corrected chi connectivity index (χ1v) is 7.96. The van der Waals surface area contributed by atoms with Gasteiger partial charge in [-0.1, -0.05) is 40.5 Å². The number of thioether (sulfide) groups is 1. The van der Waals surface area contributed by atoms with Gasteiger partial charge in [0.2, 0.25) is 0 Å². The molecule has 16 heavy (non-hydrogen) atoms. The lowest BCUT2D eigenvalue weighted by Crippen LogP contribution is -2.36. The van der Waals surface area contributed by atoms with Crippen LogP contribution in [0.2, 0.25) is 5.02 Å². The van der Waals surface area contributed by atoms with E-state index in [1.807, 2.05) is 11.8 Å². The van der Waals surface area contributed by atoms with Gasteiger partial charge in [-0.15, -0.1) is 0 Å². The average molecular weight is 321 g/mol. The molecule has 1 aliphatic rings. The number of hydrogen-bond donors (Lipinski definition) is 0. The molecule has 1 aromatic rings. The summed E-state index contributed by atoms with van der Waals surface area (Å²) in [5.74, 6) is 1.21. The number of benzene rings is 1. The summed E-state index contributed by atoms with van der Waals surface area (Å²) in [7, 11) is 0. The second kappa shape index (κ2) is 5.65. The van der Waals surface area contributed by atoms with Crippen LogP contribution in [0.25, 0.3) is 0 Å². The molecule has 0 saturated carbocycles. The molecule has 0 aromatic heterocycles. The molecular formula is C12H15BrClNS. The van der Waals surface area contributed by atoms with E-state index in [-0.39, 0.29) is 0 Å². The fourth-order valence-electron chi connectivity index (χ4n) is 1.89. The Morgan fingerprint density at radius 3 is 3.00 bits per heavy atom. The van der Waals surface area contributed by atoms with Crippen LogP contribution in [0.1, 0.15) is 12.5 Å². The van der Waals surface area contributed by atoms with Gasteiger partial charge in [0.05, 0.1) is 0 Å². The Balaban J connectivity index is 2.17. The highest BCUT2D eigenvalue weighted by atomic mass is 79.9. The molecule has 1 nitrogen and oxygen atoms in total. The summed E-state index contributed by atoms with van der Waals surface area (Å²) in [5.41, 5.74) is 2.41. The first-order valence-electron chi connectivity index (χ1n) is 5.41. The third-order valence-corrected chi connectivity index (χ3v) is 4.88. The third kappa shape index (κ3) is 2.88. The van der Waals surface area contributed by atoms with E-state index in [0.29, 0.717) is 5.25 Å². The van der Waals surface area contributed by atoms with Crippen LogP contribution in [0.15, 0.2) is 18.2 Å². The molecule has 0 radical (unpaired) electrons. The quantitative estimate of drug-likeness (QED) is 0.752. The van der Waals surface area contributed by atoms with E-state index in [1.165, 1.54) is 11.4 Å². The number of rotatable bonds is 2. The van der Waals surface area contributed by atoms with Gasteiger partial charge in [-0.05, 0) is 17.7 Å². The highest BCUT2D eigenvalue weighted by Crippen LogP contribution is 2.28. The summed E-state index contributed by atoms with van der Waals surface area (Å²) < 4.78 is 0. The van der Waals surface area contributed by atoms with Crippen molar-refractivity contribution in [1.82, 2.24) is 0 Å². The predicted molar refractivity (Wildman–Crippen MR) is 78.2 cm³/mol. The molecule has 0 bridgehead atoms. The first kappa shape index (κ1) is 12.6. The number of halogens is 2. The Morgan fingerprint density at radius 1 is 1.56 bits per heavy atom. The molecule has 1 saturated heterocycles. The number of nitrogens with zero attached hydrogens (tertiary/aromatic N) is 1. The van der Waals surface area contributed by atoms with Crippen molar-refractivity contribution in [1.29, 1.82) is 0 Å². The summed E-state index contributed by atoms with van der Waals surface area (Å²) in [6, 6.07) is 6.37. The molecule has 1 heterocycles. The lowest BCUT2D eigenvalue weighted by Gasteiger charge is -2.32. The maximum atomic E-state index is 6.22. The van der Waals surface area contributed by atoms with Crippen molar-refractivity contribution in [2.45, 2.75) is 17.5 Å². The molecule has 1 aromatic carbocycles. The van der Waals surface area contributed by atoms with Crippen molar-refractivity contribution in [3.8, 4) is 0 Å². The Bertz CT molecular complexity index is 372. The minimum Gasteiger partial charge on any atom is -0.370 e. The molecule has 1 aliphatic heterocycles. The lowest BCUT2D eigenvalue weighted by molar-refractivity contribution is 0.783. The standard InChI is InChI=1S/C12H15BrClNS/c1-9-8-15(4-5-16-9)11-3-2-10(7-13)12(14)6-11/h2-3,6,9H,4-5,7-8H2,1H3. The summed E-state index contributed by atoms with van der Waals surface area (Å²) in [6.07, 6.45) is 0. The SMILES string of the molecule is CC1CN(c2ccc(CBr)c(Cl)c2)CCS1. The minimum absolute atomic E-state index is 0.711. The van der Waals surface area contributed by atoms with Crippen LogP contribution in [0.3, 0.4) is 0 Å². The van der Waals surface area contributed by atoms with E-state index in [9.17, 15) is 0 Å².